The number of terminal acetylenes is 1. The number of benzene rings is 1. The lowest BCUT2D eigenvalue weighted by atomic mass is 10.1. The molecule has 1 amide bonds. The second kappa shape index (κ2) is 8.47. The van der Waals surface area contributed by atoms with Gasteiger partial charge in [-0.1, -0.05) is 6.07 Å². The summed E-state index contributed by atoms with van der Waals surface area (Å²) in [5.74, 6) is 0.145. The summed E-state index contributed by atoms with van der Waals surface area (Å²) in [6.45, 7) is 0. The third-order valence-electron chi connectivity index (χ3n) is 2.96. The van der Waals surface area contributed by atoms with Crippen LogP contribution in [0.25, 0.3) is 0 Å². The van der Waals surface area contributed by atoms with Crippen LogP contribution >= 0.6 is 0 Å². The second-order valence-electron chi connectivity index (χ2n) is 4.53. The molecule has 1 aromatic rings. The van der Waals surface area contributed by atoms with E-state index in [0.717, 1.165) is 0 Å². The number of aliphatic carboxylic acids is 1. The Hall–Kier alpha value is -2.81. The summed E-state index contributed by atoms with van der Waals surface area (Å²) in [4.78, 5) is 34.7. The number of carbonyl (C=O) groups excluding carboxylic acids is 2. The maximum Gasteiger partial charge on any atom is 0.337 e. The molecule has 6 nitrogen and oxygen atoms in total. The molecular formula is C16H17NO5. The predicted octanol–water partition coefficient (Wildman–Crippen LogP) is 1.46. The average molecular weight is 303 g/mol. The first-order valence-corrected chi connectivity index (χ1v) is 6.65. The molecule has 0 fully saturated rings. The Balaban J connectivity index is 2.79. The Bertz CT molecular complexity index is 603. The van der Waals surface area contributed by atoms with Crippen molar-refractivity contribution in [1.29, 1.82) is 0 Å². The van der Waals surface area contributed by atoms with Crippen LogP contribution in [0.5, 0.6) is 0 Å². The van der Waals surface area contributed by atoms with E-state index >= 15 is 0 Å². The van der Waals surface area contributed by atoms with Gasteiger partial charge in [-0.15, -0.1) is 12.3 Å². The van der Waals surface area contributed by atoms with Crippen molar-refractivity contribution in [1.82, 2.24) is 5.32 Å². The highest BCUT2D eigenvalue weighted by molar-refractivity contribution is 5.99. The summed E-state index contributed by atoms with van der Waals surface area (Å²) in [5.41, 5.74) is 0.403. The highest BCUT2D eigenvalue weighted by Crippen LogP contribution is 2.08. The number of methoxy groups -OCH3 is 1. The number of carboxylic acids is 1. The Morgan fingerprint density at radius 3 is 2.64 bits per heavy atom. The molecule has 0 bridgehead atoms. The molecule has 1 atom stereocenters. The molecule has 1 rings (SSSR count). The number of carbonyl (C=O) groups is 3. The molecule has 0 aromatic heterocycles. The number of hydrogen-bond donors (Lipinski definition) is 2. The fourth-order valence-electron chi connectivity index (χ4n) is 1.81. The molecule has 0 saturated heterocycles. The summed E-state index contributed by atoms with van der Waals surface area (Å²) in [6.07, 6.45) is 6.29. The zero-order valence-electron chi connectivity index (χ0n) is 12.2. The first-order valence-electron chi connectivity index (χ1n) is 6.65. The summed E-state index contributed by atoms with van der Waals surface area (Å²) in [6, 6.07) is 4.84. The maximum atomic E-state index is 12.1. The van der Waals surface area contributed by atoms with Gasteiger partial charge in [0.25, 0.3) is 5.91 Å². The lowest BCUT2D eigenvalue weighted by Gasteiger charge is -2.14. The SMILES string of the molecule is C#CCCC[C@@H](NC(=O)c1cccc(C(=O)OC)c1)C(=O)O. The largest absolute Gasteiger partial charge is 0.480 e. The van der Waals surface area contributed by atoms with Gasteiger partial charge in [-0.3, -0.25) is 4.79 Å². The Morgan fingerprint density at radius 1 is 1.36 bits per heavy atom. The Morgan fingerprint density at radius 2 is 2.05 bits per heavy atom. The van der Waals surface area contributed by atoms with E-state index in [1.54, 1.807) is 0 Å². The van der Waals surface area contributed by atoms with E-state index in [-0.39, 0.29) is 17.5 Å². The lowest BCUT2D eigenvalue weighted by Crippen LogP contribution is -2.40. The molecule has 0 heterocycles. The predicted molar refractivity (Wildman–Crippen MR) is 79.4 cm³/mol. The van der Waals surface area contributed by atoms with Crippen molar-refractivity contribution >= 4 is 17.8 Å². The molecule has 116 valence electrons. The van der Waals surface area contributed by atoms with Crippen molar-refractivity contribution in [2.45, 2.75) is 25.3 Å². The number of ether oxygens (including phenoxy) is 1. The van der Waals surface area contributed by atoms with Crippen molar-refractivity contribution in [3.05, 3.63) is 35.4 Å². The molecule has 0 unspecified atom stereocenters. The first-order chi connectivity index (χ1) is 10.5. The molecular weight excluding hydrogens is 286 g/mol. The molecule has 2 N–H and O–H groups in total. The maximum absolute atomic E-state index is 12.1. The van der Waals surface area contributed by atoms with Gasteiger partial charge in [-0.05, 0) is 31.0 Å². The van der Waals surface area contributed by atoms with Crippen LogP contribution in [0.4, 0.5) is 0 Å². The van der Waals surface area contributed by atoms with Gasteiger partial charge in [-0.2, -0.15) is 0 Å². The highest BCUT2D eigenvalue weighted by atomic mass is 16.5. The van der Waals surface area contributed by atoms with Gasteiger partial charge in [0.2, 0.25) is 0 Å². The molecule has 0 spiro atoms. The Kier molecular flexibility index (Phi) is 6.64. The van der Waals surface area contributed by atoms with Crippen molar-refractivity contribution in [3.63, 3.8) is 0 Å². The quantitative estimate of drug-likeness (QED) is 0.452. The molecule has 0 aliphatic carbocycles. The van der Waals surface area contributed by atoms with Crippen LogP contribution < -0.4 is 5.32 Å². The van der Waals surface area contributed by atoms with Crippen LogP contribution in [-0.4, -0.2) is 36.1 Å². The summed E-state index contributed by atoms with van der Waals surface area (Å²) in [5, 5.41) is 11.5. The van der Waals surface area contributed by atoms with Gasteiger partial charge in [-0.25, -0.2) is 9.59 Å². The first kappa shape index (κ1) is 17.2. The van der Waals surface area contributed by atoms with Crippen LogP contribution in [0.2, 0.25) is 0 Å². The van der Waals surface area contributed by atoms with E-state index in [1.165, 1.54) is 31.4 Å². The third kappa shape index (κ3) is 4.94. The fourth-order valence-corrected chi connectivity index (χ4v) is 1.81. The van der Waals surface area contributed by atoms with E-state index in [9.17, 15) is 14.4 Å². The third-order valence-corrected chi connectivity index (χ3v) is 2.96. The number of esters is 1. The molecule has 6 heteroatoms. The molecule has 0 saturated carbocycles. The van der Waals surface area contributed by atoms with Gasteiger partial charge in [0.1, 0.15) is 6.04 Å². The zero-order chi connectivity index (χ0) is 16.5. The van der Waals surface area contributed by atoms with Crippen LogP contribution in [-0.2, 0) is 9.53 Å². The zero-order valence-corrected chi connectivity index (χ0v) is 12.2. The van der Waals surface area contributed by atoms with Gasteiger partial charge < -0.3 is 15.2 Å². The van der Waals surface area contributed by atoms with E-state index in [2.05, 4.69) is 16.0 Å². The number of carboxylic acid groups (broad SMARTS) is 1. The number of rotatable bonds is 7. The normalized spacial score (nSPS) is 11.1. The number of unbranched alkanes of at least 4 members (excludes halogenated alkanes) is 1. The van der Waals surface area contributed by atoms with E-state index < -0.39 is 23.9 Å². The number of hydrogen-bond acceptors (Lipinski definition) is 4. The lowest BCUT2D eigenvalue weighted by molar-refractivity contribution is -0.139. The highest BCUT2D eigenvalue weighted by Gasteiger charge is 2.20. The molecule has 0 aliphatic heterocycles. The van der Waals surface area contributed by atoms with Crippen LogP contribution in [0.1, 0.15) is 40.0 Å². The minimum Gasteiger partial charge on any atom is -0.480 e. The molecule has 0 radical (unpaired) electrons. The van der Waals surface area contributed by atoms with E-state index in [0.29, 0.717) is 12.8 Å². The second-order valence-corrected chi connectivity index (χ2v) is 4.53. The minimum absolute atomic E-state index is 0.186. The molecule has 22 heavy (non-hydrogen) atoms. The summed E-state index contributed by atoms with van der Waals surface area (Å²) < 4.78 is 4.57. The van der Waals surface area contributed by atoms with E-state index in [1.807, 2.05) is 0 Å². The van der Waals surface area contributed by atoms with Gasteiger partial charge in [0.05, 0.1) is 12.7 Å². The summed E-state index contributed by atoms with van der Waals surface area (Å²) in [7, 11) is 1.24. The van der Waals surface area contributed by atoms with Crippen molar-refractivity contribution in [2.75, 3.05) is 7.11 Å². The monoisotopic (exact) mass is 303 g/mol. The Labute approximate surface area is 128 Å². The van der Waals surface area contributed by atoms with Crippen LogP contribution in [0, 0.1) is 12.3 Å². The van der Waals surface area contributed by atoms with Crippen molar-refractivity contribution < 1.29 is 24.2 Å². The fraction of sp³-hybridized carbons (Fsp3) is 0.312. The van der Waals surface area contributed by atoms with Gasteiger partial charge >= 0.3 is 11.9 Å². The number of amides is 1. The van der Waals surface area contributed by atoms with Crippen molar-refractivity contribution in [2.24, 2.45) is 0 Å². The molecule has 1 aromatic carbocycles. The standard InChI is InChI=1S/C16H17NO5/c1-3-4-5-9-13(15(19)20)17-14(18)11-7-6-8-12(10-11)16(21)22-2/h1,6-8,10,13H,4-5,9H2,2H3,(H,17,18)(H,19,20)/t13-/m1/s1. The molecule has 0 aliphatic rings. The topological polar surface area (TPSA) is 92.7 Å². The number of nitrogens with one attached hydrogen (secondary N) is 1. The average Bonchev–Trinajstić information content (AvgIpc) is 2.53. The van der Waals surface area contributed by atoms with Crippen molar-refractivity contribution in [3.8, 4) is 12.3 Å². The smallest absolute Gasteiger partial charge is 0.337 e. The van der Waals surface area contributed by atoms with Gasteiger partial charge in [0.15, 0.2) is 0 Å². The van der Waals surface area contributed by atoms with Crippen LogP contribution in [0.15, 0.2) is 24.3 Å². The minimum atomic E-state index is -1.13. The van der Waals surface area contributed by atoms with Gasteiger partial charge in [0, 0.05) is 12.0 Å². The van der Waals surface area contributed by atoms with E-state index in [4.69, 9.17) is 11.5 Å². The van der Waals surface area contributed by atoms with Crippen LogP contribution in [0.3, 0.4) is 0 Å². The summed E-state index contributed by atoms with van der Waals surface area (Å²) >= 11 is 0.